The fourth-order valence-corrected chi connectivity index (χ4v) is 17.1. The zero-order valence-electron chi connectivity index (χ0n) is 47.7. The number of hydrogen-bond acceptors (Lipinski definition) is 4. The Labute approximate surface area is 492 Å². The van der Waals surface area contributed by atoms with E-state index in [4.69, 9.17) is 20.9 Å². The first-order valence-electron chi connectivity index (χ1n) is 26.8. The molecule has 8 heteroatoms. The third-order valence-corrected chi connectivity index (χ3v) is 19.6. The van der Waals surface area contributed by atoms with E-state index < -0.39 is 21.4 Å². The van der Waals surface area contributed by atoms with E-state index in [1.807, 2.05) is 48.5 Å². The summed E-state index contributed by atoms with van der Waals surface area (Å²) in [6.07, 6.45) is 0. The molecule has 0 amide bonds. The Morgan fingerprint density at radius 2 is 0.671 bits per heavy atom. The number of benzene rings is 10. The second-order valence-corrected chi connectivity index (χ2v) is 25.9. The van der Waals surface area contributed by atoms with Gasteiger partial charge < -0.3 is 33.3 Å². The summed E-state index contributed by atoms with van der Waals surface area (Å²) in [5.74, 6) is 1.82. The number of nitrogens with two attached hydrogens (primary N) is 2. The molecule has 0 saturated carbocycles. The van der Waals surface area contributed by atoms with Gasteiger partial charge in [-0.25, -0.2) is 0 Å². The monoisotopic (exact) mass is 1190 g/mol. The van der Waals surface area contributed by atoms with E-state index in [1.165, 1.54) is 109 Å². The Balaban J connectivity index is 0.000000305. The molecule has 0 heterocycles. The number of rotatable bonds is 13. The smallest absolute Gasteiger partial charge is 1.00 e. The van der Waals surface area contributed by atoms with Crippen LogP contribution in [-0.2, 0) is 25.0 Å². The van der Waals surface area contributed by atoms with Gasteiger partial charge in [0, 0.05) is 6.04 Å². The molecule has 0 bridgehead atoms. The van der Waals surface area contributed by atoms with Gasteiger partial charge >= 0.3 is 19.5 Å². The van der Waals surface area contributed by atoms with Crippen LogP contribution in [0.15, 0.2) is 194 Å². The molecule has 0 aliphatic carbocycles. The van der Waals surface area contributed by atoms with Gasteiger partial charge in [0.2, 0.25) is 0 Å². The molecule has 4 N–H and O–H groups in total. The van der Waals surface area contributed by atoms with Gasteiger partial charge in [0.05, 0.1) is 19.8 Å². The number of methoxy groups -OCH3 is 2. The fraction of sp³-hybridized carbons (Fsp3) is 0.211. The predicted molar refractivity (Wildman–Crippen MR) is 336 cm³/mol. The first-order chi connectivity index (χ1) is 36.9. The predicted octanol–water partition coefficient (Wildman–Crippen LogP) is 11.5. The third kappa shape index (κ3) is 13.1. The van der Waals surface area contributed by atoms with Crippen molar-refractivity contribution in [1.29, 1.82) is 0 Å². The molecule has 10 rings (SSSR count). The summed E-state index contributed by atoms with van der Waals surface area (Å²) in [6.45, 7) is 22.1. The molecular weight excluding hydrogens is 1110 g/mol. The zero-order chi connectivity index (χ0) is 54.7. The van der Waals surface area contributed by atoms with Crippen molar-refractivity contribution < 1.29 is 41.4 Å². The second kappa shape index (κ2) is 26.1. The standard InChI is InChI=1S/C52H48P2.C19H26N2O2.ClH.Ru/c1-33-21-34(2)26-43(25-33)53(44-27-35(3)22-36(4)28-44)49-19-17-41-13-9-11-15-47(41)51(49)52-48-16-12-10-14-42(48)18-20-50(52)54(45-29-37(5)23-38(6)30-45)46-31-39(7)24-40(8)32-46;1-13(2)18(20)19(21,14-5-9-16(22-3)10-6-14)15-7-11-17(23-4)12-8-15;;/h9-32H,1-8H3;5-13,18H,20-21H2,1-4H3;1H;/q;;;+2/p-1/t;18-;;/m.0../s1. The van der Waals surface area contributed by atoms with Crippen LogP contribution in [0.4, 0.5) is 0 Å². The molecule has 0 aliphatic heterocycles. The summed E-state index contributed by atoms with van der Waals surface area (Å²) < 4.78 is 10.5. The van der Waals surface area contributed by atoms with Gasteiger partial charge in [0.25, 0.3) is 0 Å². The Morgan fingerprint density at radius 3 is 0.937 bits per heavy atom. The third-order valence-electron chi connectivity index (χ3n) is 14.8. The van der Waals surface area contributed by atoms with Crippen molar-refractivity contribution in [2.24, 2.45) is 17.4 Å². The van der Waals surface area contributed by atoms with Crippen LogP contribution in [0.1, 0.15) is 69.5 Å². The molecule has 404 valence electrons. The summed E-state index contributed by atoms with van der Waals surface area (Å²) >= 11 is 0. The van der Waals surface area contributed by atoms with Gasteiger partial charge in [-0.3, -0.25) is 0 Å². The Morgan fingerprint density at radius 1 is 0.392 bits per heavy atom. The summed E-state index contributed by atoms with van der Waals surface area (Å²) in [5.41, 5.74) is 27.7. The van der Waals surface area contributed by atoms with Gasteiger partial charge in [-0.1, -0.05) is 228 Å². The fourth-order valence-electron chi connectivity index (χ4n) is 11.4. The van der Waals surface area contributed by atoms with Gasteiger partial charge in [0.15, 0.2) is 0 Å². The minimum atomic E-state index is -0.937. The summed E-state index contributed by atoms with van der Waals surface area (Å²) in [7, 11) is 1.42. The van der Waals surface area contributed by atoms with E-state index in [-0.39, 0.29) is 43.8 Å². The van der Waals surface area contributed by atoms with Gasteiger partial charge in [0.1, 0.15) is 11.5 Å². The molecule has 0 saturated heterocycles. The van der Waals surface area contributed by atoms with Crippen molar-refractivity contribution in [2.75, 3.05) is 14.2 Å². The largest absolute Gasteiger partial charge is 2.00 e. The summed E-state index contributed by atoms with van der Waals surface area (Å²) in [4.78, 5) is 0. The molecule has 0 spiro atoms. The number of halogens is 1. The van der Waals surface area contributed by atoms with Crippen LogP contribution in [0.5, 0.6) is 11.5 Å². The van der Waals surface area contributed by atoms with E-state index in [2.05, 4.69) is 215 Å². The van der Waals surface area contributed by atoms with E-state index in [1.54, 1.807) is 14.2 Å². The Hall–Kier alpha value is -5.99. The van der Waals surface area contributed by atoms with Crippen molar-refractivity contribution in [3.63, 3.8) is 0 Å². The number of fused-ring (bicyclic) bond motifs is 2. The molecule has 0 radical (unpaired) electrons. The average Bonchev–Trinajstić information content (AvgIpc) is 3.52. The Kier molecular flexibility index (Phi) is 20.0. The van der Waals surface area contributed by atoms with Crippen LogP contribution in [0.2, 0.25) is 0 Å². The molecule has 4 nitrogen and oxygen atoms in total. The van der Waals surface area contributed by atoms with E-state index in [0.717, 1.165) is 22.6 Å². The SMILES string of the molecule is COc1ccc(C(N)(c2ccc(OC)cc2)[C@@H](N)C(C)C)cc1.Cc1cc(C)cc(P(c2cc(C)cc(C)c2)c2ccc3ccccc3c2-c2c(P(c3cc(C)cc(C)c3)c3cc(C)cc(C)c3)ccc3ccccc23)c1.[Cl-].[Ru+2]. The molecule has 0 fully saturated rings. The van der Waals surface area contributed by atoms with Gasteiger partial charge in [-0.15, -0.1) is 0 Å². The van der Waals surface area contributed by atoms with Gasteiger partial charge in [-0.05, 0) is 177 Å². The minimum absolute atomic E-state index is 0. The van der Waals surface area contributed by atoms with Crippen molar-refractivity contribution in [1.82, 2.24) is 0 Å². The van der Waals surface area contributed by atoms with Crippen molar-refractivity contribution in [2.45, 2.75) is 80.8 Å². The first kappa shape index (κ1) is 60.6. The minimum Gasteiger partial charge on any atom is -1.00 e. The molecule has 1 atom stereocenters. The van der Waals surface area contributed by atoms with Crippen LogP contribution in [0, 0.1) is 61.3 Å². The van der Waals surface area contributed by atoms with Crippen LogP contribution in [0.25, 0.3) is 32.7 Å². The molecule has 0 aromatic heterocycles. The van der Waals surface area contributed by atoms with Crippen molar-refractivity contribution in [3.05, 3.63) is 250 Å². The van der Waals surface area contributed by atoms with Crippen LogP contribution >= 0.6 is 15.8 Å². The molecule has 0 aliphatic rings. The normalized spacial score (nSPS) is 11.8. The first-order valence-corrected chi connectivity index (χ1v) is 29.4. The van der Waals surface area contributed by atoms with E-state index >= 15 is 0 Å². The Bertz CT molecular complexity index is 3330. The number of ether oxygens (including phenoxy) is 2. The quantitative estimate of drug-likeness (QED) is 0.0891. The maximum absolute atomic E-state index is 6.86. The molecule has 0 unspecified atom stereocenters. The maximum Gasteiger partial charge on any atom is 2.00 e. The van der Waals surface area contributed by atoms with Crippen molar-refractivity contribution >= 4 is 69.2 Å². The van der Waals surface area contributed by atoms with Crippen LogP contribution < -0.4 is 65.2 Å². The van der Waals surface area contributed by atoms with Gasteiger partial charge in [-0.2, -0.15) is 0 Å². The summed E-state index contributed by atoms with van der Waals surface area (Å²) in [5, 5.41) is 13.6. The van der Waals surface area contributed by atoms with E-state index in [0.29, 0.717) is 0 Å². The van der Waals surface area contributed by atoms with Crippen LogP contribution in [-0.4, -0.2) is 20.3 Å². The van der Waals surface area contributed by atoms with Crippen LogP contribution in [0.3, 0.4) is 0 Å². The topological polar surface area (TPSA) is 70.5 Å². The number of aryl methyl sites for hydroxylation is 8. The maximum atomic E-state index is 6.86. The van der Waals surface area contributed by atoms with E-state index in [9.17, 15) is 0 Å². The second-order valence-electron chi connectivity index (χ2n) is 21.5. The molecule has 79 heavy (non-hydrogen) atoms. The molecule has 10 aromatic carbocycles. The zero-order valence-corrected chi connectivity index (χ0v) is 52.0. The molecular formula is C71H74ClN2O2P2Ru+. The average molecular weight is 1190 g/mol. The molecule has 10 aromatic rings. The van der Waals surface area contributed by atoms with Crippen molar-refractivity contribution in [3.8, 4) is 22.6 Å². The number of hydrogen-bond donors (Lipinski definition) is 2. The summed E-state index contributed by atoms with van der Waals surface area (Å²) in [6, 6.07) is 71.9.